The van der Waals surface area contributed by atoms with E-state index in [0.29, 0.717) is 53.5 Å². The van der Waals surface area contributed by atoms with E-state index >= 15 is 0 Å². The molecule has 0 atom stereocenters. The Balaban J connectivity index is 1.29. The van der Waals surface area contributed by atoms with E-state index in [0.717, 1.165) is 26.1 Å². The lowest BCUT2D eigenvalue weighted by atomic mass is 10.2. The Morgan fingerprint density at radius 3 is 2.62 bits per heavy atom. The maximum absolute atomic E-state index is 13.5. The zero-order valence-electron chi connectivity index (χ0n) is 21.3. The first kappa shape index (κ1) is 26.7. The Hall–Kier alpha value is -3.37. The Kier molecular flexibility index (Phi) is 8.19. The molecule has 1 fully saturated rings. The molecule has 0 radical (unpaired) electrons. The first-order chi connectivity index (χ1) is 17.6. The van der Waals surface area contributed by atoms with Crippen LogP contribution in [0.4, 0.5) is 26.4 Å². The second-order valence-corrected chi connectivity index (χ2v) is 10.3. The Bertz CT molecular complexity index is 1260. The van der Waals surface area contributed by atoms with E-state index in [9.17, 15) is 9.18 Å². The number of nitrogens with one attached hydrogen (secondary N) is 1. The molecule has 2 aromatic carbocycles. The quantitative estimate of drug-likeness (QED) is 0.322. The molecule has 9 nitrogen and oxygen atoms in total. The summed E-state index contributed by atoms with van der Waals surface area (Å²) in [5.74, 6) is 0.585. The Labute approximate surface area is 220 Å². The molecule has 11 heteroatoms. The summed E-state index contributed by atoms with van der Waals surface area (Å²) in [6, 6.07) is 7.90. The van der Waals surface area contributed by atoms with Gasteiger partial charge in [-0.2, -0.15) is 0 Å². The summed E-state index contributed by atoms with van der Waals surface area (Å²) in [7, 11) is 0. The van der Waals surface area contributed by atoms with Gasteiger partial charge >= 0.3 is 6.09 Å². The molecule has 198 valence electrons. The number of benzene rings is 2. The van der Waals surface area contributed by atoms with E-state index in [1.165, 1.54) is 18.5 Å². The molecule has 0 saturated carbocycles. The van der Waals surface area contributed by atoms with Crippen LogP contribution in [0.5, 0.6) is 5.75 Å². The molecule has 1 aromatic heterocycles. The van der Waals surface area contributed by atoms with Gasteiger partial charge in [0.15, 0.2) is 0 Å². The topological polar surface area (TPSA) is 106 Å². The number of halogens is 2. The summed E-state index contributed by atoms with van der Waals surface area (Å²) in [5, 5.41) is 3.86. The third kappa shape index (κ3) is 7.11. The van der Waals surface area contributed by atoms with Gasteiger partial charge in [0.05, 0.1) is 22.8 Å². The zero-order valence-corrected chi connectivity index (χ0v) is 22.0. The average Bonchev–Trinajstić information content (AvgIpc) is 2.84. The van der Waals surface area contributed by atoms with Gasteiger partial charge in [-0.05, 0) is 51.5 Å². The molecule has 1 amide bonds. The molecule has 1 aliphatic heterocycles. The molecule has 2 heterocycles. The summed E-state index contributed by atoms with van der Waals surface area (Å²) >= 11 is 5.89. The summed E-state index contributed by atoms with van der Waals surface area (Å²) < 4.78 is 24.9. The number of ether oxygens (including phenoxy) is 2. The number of hydrogen-bond acceptors (Lipinski definition) is 8. The Morgan fingerprint density at radius 2 is 1.92 bits per heavy atom. The number of nitrogens with zero attached hydrogens (tertiary/aromatic N) is 4. The van der Waals surface area contributed by atoms with Gasteiger partial charge < -0.3 is 25.4 Å². The molecule has 0 unspecified atom stereocenters. The van der Waals surface area contributed by atoms with E-state index in [4.69, 9.17) is 26.8 Å². The minimum absolute atomic E-state index is 0.0171. The molecule has 1 saturated heterocycles. The van der Waals surface area contributed by atoms with Crippen molar-refractivity contribution in [3.63, 3.8) is 0 Å². The number of aromatic nitrogens is 2. The standard InChI is InChI=1S/C26H32ClFN6O3/c1-26(2,3)37-25(35)34-10-8-33(9-11-34)7-4-12-36-23-15-22-18(14-21(23)29)24(31-16-30-22)32-17-5-6-20(28)19(27)13-17/h5-6,13-16H,4,7-12,29H2,1-3H3,(H,30,31,32). The zero-order chi connectivity index (χ0) is 26.6. The lowest BCUT2D eigenvalue weighted by Gasteiger charge is -2.35. The van der Waals surface area contributed by atoms with Crippen LogP contribution in [0.1, 0.15) is 27.2 Å². The van der Waals surface area contributed by atoms with Crippen molar-refractivity contribution < 1.29 is 18.7 Å². The lowest BCUT2D eigenvalue weighted by Crippen LogP contribution is -2.50. The summed E-state index contributed by atoms with van der Waals surface area (Å²) in [5.41, 5.74) is 7.50. The number of rotatable bonds is 7. The van der Waals surface area contributed by atoms with Crippen LogP contribution in [0, 0.1) is 5.82 Å². The van der Waals surface area contributed by atoms with Crippen molar-refractivity contribution in [3.05, 3.63) is 47.5 Å². The smallest absolute Gasteiger partial charge is 0.410 e. The normalized spacial score (nSPS) is 14.6. The number of nitrogens with two attached hydrogens (primary N) is 1. The third-order valence-corrected chi connectivity index (χ3v) is 6.14. The number of carbonyl (C=O) groups excluding carboxylic acids is 1. The Morgan fingerprint density at radius 1 is 1.16 bits per heavy atom. The monoisotopic (exact) mass is 530 g/mol. The number of carbonyl (C=O) groups is 1. The van der Waals surface area contributed by atoms with Crippen LogP contribution in [0.2, 0.25) is 5.02 Å². The van der Waals surface area contributed by atoms with Crippen LogP contribution in [0.3, 0.4) is 0 Å². The van der Waals surface area contributed by atoms with Crippen molar-refractivity contribution in [2.45, 2.75) is 32.8 Å². The highest BCUT2D eigenvalue weighted by Crippen LogP contribution is 2.32. The summed E-state index contributed by atoms with van der Waals surface area (Å²) in [6.07, 6.45) is 1.99. The van der Waals surface area contributed by atoms with Crippen molar-refractivity contribution in [1.29, 1.82) is 0 Å². The molecule has 3 N–H and O–H groups in total. The van der Waals surface area contributed by atoms with E-state index in [2.05, 4.69) is 20.2 Å². The summed E-state index contributed by atoms with van der Waals surface area (Å²) in [4.78, 5) is 24.9. The second kappa shape index (κ2) is 11.4. The lowest BCUT2D eigenvalue weighted by molar-refractivity contribution is 0.0142. The fraction of sp³-hybridized carbons (Fsp3) is 0.423. The number of hydrogen-bond donors (Lipinski definition) is 2. The number of piperazine rings is 1. The SMILES string of the molecule is CC(C)(C)OC(=O)N1CCN(CCCOc2cc3ncnc(Nc4ccc(F)c(Cl)c4)c3cc2N)CC1. The number of fused-ring (bicyclic) bond motifs is 1. The molecule has 37 heavy (non-hydrogen) atoms. The molecule has 1 aliphatic rings. The highest BCUT2D eigenvalue weighted by molar-refractivity contribution is 6.31. The largest absolute Gasteiger partial charge is 0.491 e. The van der Waals surface area contributed by atoms with Gasteiger partial charge in [0, 0.05) is 49.9 Å². The van der Waals surface area contributed by atoms with Gasteiger partial charge in [-0.3, -0.25) is 4.90 Å². The third-order valence-electron chi connectivity index (χ3n) is 5.85. The van der Waals surface area contributed by atoms with Gasteiger partial charge in [0.1, 0.15) is 29.3 Å². The van der Waals surface area contributed by atoms with Crippen LogP contribution >= 0.6 is 11.6 Å². The van der Waals surface area contributed by atoms with Gasteiger partial charge in [-0.15, -0.1) is 0 Å². The first-order valence-electron chi connectivity index (χ1n) is 12.2. The van der Waals surface area contributed by atoms with E-state index in [-0.39, 0.29) is 11.1 Å². The molecule has 3 aromatic rings. The van der Waals surface area contributed by atoms with Gasteiger partial charge in [0.25, 0.3) is 0 Å². The highest BCUT2D eigenvalue weighted by atomic mass is 35.5. The molecular formula is C26H32ClFN6O3. The van der Waals surface area contributed by atoms with Crippen molar-refractivity contribution in [2.75, 3.05) is 50.4 Å². The van der Waals surface area contributed by atoms with Crippen LogP contribution in [0.15, 0.2) is 36.7 Å². The molecule has 0 aliphatic carbocycles. The van der Waals surface area contributed by atoms with Crippen molar-refractivity contribution >= 4 is 45.8 Å². The molecular weight excluding hydrogens is 499 g/mol. The number of amides is 1. The van der Waals surface area contributed by atoms with E-state index in [1.54, 1.807) is 23.1 Å². The van der Waals surface area contributed by atoms with Crippen molar-refractivity contribution in [1.82, 2.24) is 19.8 Å². The van der Waals surface area contributed by atoms with E-state index < -0.39 is 11.4 Å². The van der Waals surface area contributed by atoms with Gasteiger partial charge in [-0.1, -0.05) is 11.6 Å². The predicted octanol–water partition coefficient (Wildman–Crippen LogP) is 5.07. The van der Waals surface area contributed by atoms with Crippen LogP contribution < -0.4 is 15.8 Å². The minimum Gasteiger partial charge on any atom is -0.491 e. The van der Waals surface area contributed by atoms with Gasteiger partial charge in [-0.25, -0.2) is 19.2 Å². The average molecular weight is 531 g/mol. The maximum atomic E-state index is 13.5. The molecule has 0 spiro atoms. The van der Waals surface area contributed by atoms with Crippen LogP contribution in [-0.2, 0) is 4.74 Å². The first-order valence-corrected chi connectivity index (χ1v) is 12.6. The number of anilines is 3. The van der Waals surface area contributed by atoms with Crippen molar-refractivity contribution in [2.24, 2.45) is 0 Å². The van der Waals surface area contributed by atoms with Gasteiger partial charge in [0.2, 0.25) is 0 Å². The van der Waals surface area contributed by atoms with E-state index in [1.807, 2.05) is 20.8 Å². The van der Waals surface area contributed by atoms with Crippen LogP contribution in [0.25, 0.3) is 10.9 Å². The predicted molar refractivity (Wildman–Crippen MR) is 143 cm³/mol. The number of nitrogen functional groups attached to an aromatic ring is 1. The fourth-order valence-corrected chi connectivity index (χ4v) is 4.17. The summed E-state index contributed by atoms with van der Waals surface area (Å²) in [6.45, 7) is 9.84. The molecule has 4 rings (SSSR count). The molecule has 0 bridgehead atoms. The maximum Gasteiger partial charge on any atom is 0.410 e. The minimum atomic E-state index is -0.492. The second-order valence-electron chi connectivity index (χ2n) is 9.89. The highest BCUT2D eigenvalue weighted by Gasteiger charge is 2.25. The van der Waals surface area contributed by atoms with Crippen molar-refractivity contribution in [3.8, 4) is 5.75 Å². The fourth-order valence-electron chi connectivity index (χ4n) is 3.99. The van der Waals surface area contributed by atoms with Crippen LogP contribution in [-0.4, -0.2) is 70.8 Å².